The second-order valence-electron chi connectivity index (χ2n) is 5.39. The molecule has 3 N–H and O–H groups in total. The van der Waals surface area contributed by atoms with E-state index in [2.05, 4.69) is 6.92 Å². The van der Waals surface area contributed by atoms with Crippen molar-refractivity contribution in [2.75, 3.05) is 23.7 Å². The van der Waals surface area contributed by atoms with Crippen molar-refractivity contribution in [2.45, 2.75) is 32.6 Å². The molecule has 1 saturated heterocycles. The first-order chi connectivity index (χ1) is 9.52. The van der Waals surface area contributed by atoms with Crippen LogP contribution in [-0.2, 0) is 0 Å². The molecule has 0 saturated carbocycles. The van der Waals surface area contributed by atoms with E-state index in [9.17, 15) is 9.18 Å². The number of aromatic carboxylic acids is 1. The van der Waals surface area contributed by atoms with Gasteiger partial charge in [-0.25, -0.2) is 9.18 Å². The van der Waals surface area contributed by atoms with Crippen LogP contribution in [0.1, 0.15) is 43.0 Å². The molecule has 20 heavy (non-hydrogen) atoms. The third-order valence-electron chi connectivity index (χ3n) is 4.12. The molecule has 1 heterocycles. The van der Waals surface area contributed by atoms with E-state index >= 15 is 0 Å². The second kappa shape index (κ2) is 6.11. The Morgan fingerprint density at radius 2 is 2.20 bits per heavy atom. The number of anilines is 2. The van der Waals surface area contributed by atoms with Crippen LogP contribution in [-0.4, -0.2) is 24.2 Å². The molecule has 110 valence electrons. The average Bonchev–Trinajstić information content (AvgIpc) is 2.63. The molecule has 0 aromatic heterocycles. The molecule has 1 aromatic carbocycles. The summed E-state index contributed by atoms with van der Waals surface area (Å²) < 4.78 is 14.1. The summed E-state index contributed by atoms with van der Waals surface area (Å²) in [6.07, 6.45) is 4.31. The standard InChI is InChI=1S/C15H21FN2O2/c1-2-10-4-3-6-18(7-5-10)14-8-11(15(19)20)13(17)9-12(14)16/h8-10H,2-7,17H2,1H3,(H,19,20). The molecule has 1 fully saturated rings. The van der Waals surface area contributed by atoms with Gasteiger partial charge in [-0.15, -0.1) is 0 Å². The van der Waals surface area contributed by atoms with Gasteiger partial charge in [-0.1, -0.05) is 13.3 Å². The Morgan fingerprint density at radius 1 is 1.45 bits per heavy atom. The topological polar surface area (TPSA) is 66.6 Å². The first-order valence-electron chi connectivity index (χ1n) is 7.10. The van der Waals surface area contributed by atoms with Crippen molar-refractivity contribution < 1.29 is 14.3 Å². The highest BCUT2D eigenvalue weighted by molar-refractivity contribution is 5.95. The van der Waals surface area contributed by atoms with E-state index in [1.165, 1.54) is 6.07 Å². The molecule has 1 atom stereocenters. The maximum atomic E-state index is 14.1. The summed E-state index contributed by atoms with van der Waals surface area (Å²) in [5.41, 5.74) is 5.85. The second-order valence-corrected chi connectivity index (χ2v) is 5.39. The molecule has 0 aliphatic carbocycles. The van der Waals surface area contributed by atoms with Crippen LogP contribution in [0, 0.1) is 11.7 Å². The van der Waals surface area contributed by atoms with Crippen LogP contribution in [0.3, 0.4) is 0 Å². The minimum atomic E-state index is -1.12. The van der Waals surface area contributed by atoms with Crippen molar-refractivity contribution >= 4 is 17.3 Å². The van der Waals surface area contributed by atoms with Gasteiger partial charge in [-0.2, -0.15) is 0 Å². The fourth-order valence-corrected chi connectivity index (χ4v) is 2.82. The molecule has 4 nitrogen and oxygen atoms in total. The average molecular weight is 280 g/mol. The van der Waals surface area contributed by atoms with Gasteiger partial charge in [0.2, 0.25) is 0 Å². The van der Waals surface area contributed by atoms with Crippen molar-refractivity contribution in [3.05, 3.63) is 23.5 Å². The summed E-state index contributed by atoms with van der Waals surface area (Å²) >= 11 is 0. The number of benzene rings is 1. The van der Waals surface area contributed by atoms with Crippen molar-refractivity contribution in [1.82, 2.24) is 0 Å². The summed E-state index contributed by atoms with van der Waals surface area (Å²) in [5.74, 6) is -0.886. The molecule has 2 rings (SSSR count). The van der Waals surface area contributed by atoms with E-state index in [0.29, 0.717) is 11.6 Å². The van der Waals surface area contributed by atoms with Gasteiger partial charge in [0.25, 0.3) is 0 Å². The number of hydrogen-bond acceptors (Lipinski definition) is 3. The van der Waals surface area contributed by atoms with Crippen LogP contribution >= 0.6 is 0 Å². The number of carbonyl (C=O) groups is 1. The highest BCUT2D eigenvalue weighted by Crippen LogP contribution is 2.29. The Kier molecular flexibility index (Phi) is 4.47. The summed E-state index contributed by atoms with van der Waals surface area (Å²) in [6, 6.07) is 2.47. The smallest absolute Gasteiger partial charge is 0.337 e. The number of nitrogens with zero attached hydrogens (tertiary/aromatic N) is 1. The first kappa shape index (κ1) is 14.6. The molecule has 1 aromatic rings. The molecule has 0 spiro atoms. The van der Waals surface area contributed by atoms with Gasteiger partial charge in [0.1, 0.15) is 5.82 Å². The van der Waals surface area contributed by atoms with Gasteiger partial charge >= 0.3 is 5.97 Å². The van der Waals surface area contributed by atoms with Crippen molar-refractivity contribution in [1.29, 1.82) is 0 Å². The summed E-state index contributed by atoms with van der Waals surface area (Å²) in [7, 11) is 0. The lowest BCUT2D eigenvalue weighted by Crippen LogP contribution is -2.25. The molecule has 0 radical (unpaired) electrons. The maximum absolute atomic E-state index is 14.1. The Morgan fingerprint density at radius 3 is 2.85 bits per heavy atom. The van der Waals surface area contributed by atoms with Crippen LogP contribution in [0.15, 0.2) is 12.1 Å². The Hall–Kier alpha value is -1.78. The quantitative estimate of drug-likeness (QED) is 0.835. The number of nitrogens with two attached hydrogens (primary N) is 1. The largest absolute Gasteiger partial charge is 0.478 e. The van der Waals surface area contributed by atoms with E-state index in [1.54, 1.807) is 0 Å². The van der Waals surface area contributed by atoms with E-state index in [0.717, 1.165) is 44.8 Å². The van der Waals surface area contributed by atoms with Gasteiger partial charge in [-0.05, 0) is 37.3 Å². The summed E-state index contributed by atoms with van der Waals surface area (Å²) in [4.78, 5) is 13.1. The van der Waals surface area contributed by atoms with Gasteiger partial charge in [-0.3, -0.25) is 0 Å². The highest BCUT2D eigenvalue weighted by Gasteiger charge is 2.21. The van der Waals surface area contributed by atoms with Crippen LogP contribution in [0.2, 0.25) is 0 Å². The minimum absolute atomic E-state index is 0.0278. The third kappa shape index (κ3) is 3.03. The molecule has 1 aliphatic rings. The zero-order chi connectivity index (χ0) is 14.7. The normalized spacial score (nSPS) is 19.7. The van der Waals surface area contributed by atoms with Crippen molar-refractivity contribution in [2.24, 2.45) is 5.92 Å². The van der Waals surface area contributed by atoms with Crippen molar-refractivity contribution in [3.8, 4) is 0 Å². The molecule has 0 amide bonds. The highest BCUT2D eigenvalue weighted by atomic mass is 19.1. The van der Waals surface area contributed by atoms with Crippen LogP contribution < -0.4 is 10.6 Å². The van der Waals surface area contributed by atoms with Gasteiger partial charge in [0.05, 0.1) is 11.3 Å². The zero-order valence-corrected chi connectivity index (χ0v) is 11.7. The van der Waals surface area contributed by atoms with Gasteiger partial charge < -0.3 is 15.7 Å². The number of hydrogen-bond donors (Lipinski definition) is 2. The molecule has 0 bridgehead atoms. The number of nitrogen functional groups attached to an aromatic ring is 1. The van der Waals surface area contributed by atoms with Crippen molar-refractivity contribution in [3.63, 3.8) is 0 Å². The number of halogens is 1. The zero-order valence-electron chi connectivity index (χ0n) is 11.7. The number of carboxylic acid groups (broad SMARTS) is 1. The Balaban J connectivity index is 2.27. The predicted octanol–water partition coefficient (Wildman–Crippen LogP) is 3.12. The fraction of sp³-hybridized carbons (Fsp3) is 0.533. The molecular formula is C15H21FN2O2. The monoisotopic (exact) mass is 280 g/mol. The first-order valence-corrected chi connectivity index (χ1v) is 7.10. The molecule has 5 heteroatoms. The van der Waals surface area contributed by atoms with Crippen LogP contribution in [0.4, 0.5) is 15.8 Å². The number of carboxylic acids is 1. The van der Waals surface area contributed by atoms with Crippen LogP contribution in [0.25, 0.3) is 0 Å². The lowest BCUT2D eigenvalue weighted by atomic mass is 9.98. The van der Waals surface area contributed by atoms with Gasteiger partial charge in [0.15, 0.2) is 0 Å². The lowest BCUT2D eigenvalue weighted by molar-refractivity contribution is 0.0698. The molecule has 1 aliphatic heterocycles. The number of rotatable bonds is 3. The summed E-state index contributed by atoms with van der Waals surface area (Å²) in [6.45, 7) is 3.70. The van der Waals surface area contributed by atoms with E-state index in [-0.39, 0.29) is 11.3 Å². The van der Waals surface area contributed by atoms with E-state index in [1.807, 2.05) is 4.90 Å². The van der Waals surface area contributed by atoms with Gasteiger partial charge in [0, 0.05) is 18.8 Å². The van der Waals surface area contributed by atoms with E-state index in [4.69, 9.17) is 10.8 Å². The Bertz CT molecular complexity index is 505. The third-order valence-corrected chi connectivity index (χ3v) is 4.12. The van der Waals surface area contributed by atoms with E-state index < -0.39 is 11.8 Å². The van der Waals surface area contributed by atoms with Crippen LogP contribution in [0.5, 0.6) is 0 Å². The lowest BCUT2D eigenvalue weighted by Gasteiger charge is -2.24. The molecular weight excluding hydrogens is 259 g/mol. The molecule has 1 unspecified atom stereocenters. The predicted molar refractivity (Wildman–Crippen MR) is 77.6 cm³/mol. The maximum Gasteiger partial charge on any atom is 0.337 e. The summed E-state index contributed by atoms with van der Waals surface area (Å²) in [5, 5.41) is 9.09. The minimum Gasteiger partial charge on any atom is -0.478 e. The SMILES string of the molecule is CCC1CCCN(c2cc(C(=O)O)c(N)cc2F)CC1. The fourth-order valence-electron chi connectivity index (χ4n) is 2.82. The Labute approximate surface area is 118 Å².